The van der Waals surface area contributed by atoms with Gasteiger partial charge in [-0.05, 0) is 55.4 Å². The first-order chi connectivity index (χ1) is 13.8. The maximum atomic E-state index is 5.39. The number of halogens is 1. The average molecular weight is 529 g/mol. The van der Waals surface area contributed by atoms with Crippen LogP contribution in [0.3, 0.4) is 0 Å². The van der Waals surface area contributed by atoms with Crippen LogP contribution in [0.5, 0.6) is 0 Å². The molecule has 7 heteroatoms. The average Bonchev–Trinajstić information content (AvgIpc) is 3.41. The van der Waals surface area contributed by atoms with Gasteiger partial charge in [-0.2, -0.15) is 11.8 Å². The number of rotatable bonds is 10. The lowest BCUT2D eigenvalue weighted by Gasteiger charge is -2.14. The van der Waals surface area contributed by atoms with Crippen LogP contribution < -0.4 is 10.6 Å². The minimum Gasteiger partial charge on any atom is -0.469 e. The van der Waals surface area contributed by atoms with E-state index in [-0.39, 0.29) is 24.0 Å². The lowest BCUT2D eigenvalue weighted by atomic mass is 10.1. The molecule has 0 spiro atoms. The molecule has 2 aromatic rings. The monoisotopic (exact) mass is 528 g/mol. The minimum atomic E-state index is 0. The van der Waals surface area contributed by atoms with Crippen molar-refractivity contribution >= 4 is 41.7 Å². The van der Waals surface area contributed by atoms with Crippen LogP contribution in [0.25, 0.3) is 0 Å². The van der Waals surface area contributed by atoms with E-state index in [4.69, 9.17) is 9.41 Å². The fraction of sp³-hybridized carbons (Fsp3) is 0.500. The van der Waals surface area contributed by atoms with Crippen LogP contribution in [0.4, 0.5) is 0 Å². The molecule has 1 aromatic heterocycles. The number of thioether (sulfide) groups is 1. The number of likely N-dealkylation sites (tertiary alicyclic amines) is 1. The summed E-state index contributed by atoms with van der Waals surface area (Å²) in [5, 5.41) is 6.82. The molecule has 1 aliphatic rings. The molecule has 3 rings (SSSR count). The van der Waals surface area contributed by atoms with Crippen molar-refractivity contribution in [2.24, 2.45) is 4.99 Å². The standard InChI is InChI=1S/C22H32N4OS.HI/c1-28-16-12-24-22(23-11-10-21-5-4-15-27-21)25-17-19-6-8-20(9-7-19)18-26-13-2-3-14-26;/h4-9,15H,2-3,10-14,16-18H2,1H3,(H2,23,24,25);1H. The first kappa shape index (κ1) is 24.1. The van der Waals surface area contributed by atoms with Gasteiger partial charge in [-0.15, -0.1) is 24.0 Å². The van der Waals surface area contributed by atoms with Crippen LogP contribution in [0, 0.1) is 0 Å². The lowest BCUT2D eigenvalue weighted by Crippen LogP contribution is -2.39. The number of furan rings is 1. The summed E-state index contributed by atoms with van der Waals surface area (Å²) in [5.74, 6) is 2.91. The molecule has 1 aromatic carbocycles. The Morgan fingerprint density at radius 2 is 1.79 bits per heavy atom. The molecule has 0 bridgehead atoms. The van der Waals surface area contributed by atoms with Crippen molar-refractivity contribution in [3.63, 3.8) is 0 Å². The maximum Gasteiger partial charge on any atom is 0.191 e. The van der Waals surface area contributed by atoms with Gasteiger partial charge in [0.2, 0.25) is 0 Å². The van der Waals surface area contributed by atoms with Crippen molar-refractivity contribution in [2.45, 2.75) is 32.4 Å². The molecular formula is C22H33IN4OS. The summed E-state index contributed by atoms with van der Waals surface area (Å²) >= 11 is 1.83. The molecule has 1 fully saturated rings. The topological polar surface area (TPSA) is 52.8 Å². The number of nitrogens with one attached hydrogen (secondary N) is 2. The lowest BCUT2D eigenvalue weighted by molar-refractivity contribution is 0.331. The third-order valence-electron chi connectivity index (χ3n) is 4.89. The maximum absolute atomic E-state index is 5.39. The number of hydrogen-bond acceptors (Lipinski definition) is 4. The van der Waals surface area contributed by atoms with Gasteiger partial charge >= 0.3 is 0 Å². The minimum absolute atomic E-state index is 0. The van der Waals surface area contributed by atoms with E-state index >= 15 is 0 Å². The number of guanidine groups is 1. The van der Waals surface area contributed by atoms with Gasteiger partial charge in [-0.25, -0.2) is 4.99 Å². The Morgan fingerprint density at radius 3 is 2.48 bits per heavy atom. The van der Waals surface area contributed by atoms with Crippen LogP contribution in [0.1, 0.15) is 29.7 Å². The summed E-state index contributed by atoms with van der Waals surface area (Å²) in [6.45, 7) is 5.93. The van der Waals surface area contributed by atoms with Gasteiger partial charge in [-0.3, -0.25) is 4.90 Å². The van der Waals surface area contributed by atoms with Crippen molar-refractivity contribution in [3.8, 4) is 0 Å². The third-order valence-corrected chi connectivity index (χ3v) is 5.50. The quantitative estimate of drug-likeness (QED) is 0.210. The molecule has 0 amide bonds. The Kier molecular flexibility index (Phi) is 11.6. The second-order valence-corrected chi connectivity index (χ2v) is 8.13. The molecule has 0 saturated carbocycles. The van der Waals surface area contributed by atoms with E-state index in [1.165, 1.54) is 37.1 Å². The molecule has 1 saturated heterocycles. The van der Waals surface area contributed by atoms with E-state index in [2.05, 4.69) is 46.1 Å². The van der Waals surface area contributed by atoms with E-state index in [0.717, 1.165) is 43.5 Å². The molecule has 2 N–H and O–H groups in total. The summed E-state index contributed by atoms with van der Waals surface area (Å²) in [4.78, 5) is 7.29. The van der Waals surface area contributed by atoms with Gasteiger partial charge in [0.05, 0.1) is 12.8 Å². The van der Waals surface area contributed by atoms with Crippen molar-refractivity contribution in [1.82, 2.24) is 15.5 Å². The highest BCUT2D eigenvalue weighted by molar-refractivity contribution is 14.0. The zero-order chi connectivity index (χ0) is 19.4. The first-order valence-corrected chi connectivity index (χ1v) is 11.6. The highest BCUT2D eigenvalue weighted by Crippen LogP contribution is 2.13. The van der Waals surface area contributed by atoms with Crippen molar-refractivity contribution in [1.29, 1.82) is 0 Å². The van der Waals surface area contributed by atoms with Gasteiger partial charge in [-0.1, -0.05) is 24.3 Å². The summed E-state index contributed by atoms with van der Waals surface area (Å²) in [7, 11) is 0. The highest BCUT2D eigenvalue weighted by Gasteiger charge is 2.11. The molecule has 0 atom stereocenters. The molecule has 5 nitrogen and oxygen atoms in total. The van der Waals surface area contributed by atoms with E-state index in [9.17, 15) is 0 Å². The Morgan fingerprint density at radius 1 is 1.07 bits per heavy atom. The summed E-state index contributed by atoms with van der Waals surface area (Å²) in [6, 6.07) is 12.8. The number of nitrogens with zero attached hydrogens (tertiary/aromatic N) is 2. The second kappa shape index (κ2) is 13.9. The number of aliphatic imine (C=N–C) groups is 1. The third kappa shape index (κ3) is 9.00. The van der Waals surface area contributed by atoms with Gasteiger partial charge < -0.3 is 15.1 Å². The fourth-order valence-electron chi connectivity index (χ4n) is 3.32. The van der Waals surface area contributed by atoms with Gasteiger partial charge in [0.25, 0.3) is 0 Å². The molecule has 0 unspecified atom stereocenters. The summed E-state index contributed by atoms with van der Waals surface area (Å²) in [6.07, 6.45) is 7.36. The Hall–Kier alpha value is -1.19. The van der Waals surface area contributed by atoms with Crippen molar-refractivity contribution in [2.75, 3.05) is 38.2 Å². The van der Waals surface area contributed by atoms with E-state index < -0.39 is 0 Å². The predicted molar refractivity (Wildman–Crippen MR) is 134 cm³/mol. The Bertz CT molecular complexity index is 700. The molecule has 2 heterocycles. The van der Waals surface area contributed by atoms with Crippen LogP contribution in [-0.2, 0) is 19.5 Å². The molecular weight excluding hydrogens is 495 g/mol. The zero-order valence-electron chi connectivity index (χ0n) is 17.2. The number of hydrogen-bond donors (Lipinski definition) is 2. The van der Waals surface area contributed by atoms with Gasteiger partial charge in [0.1, 0.15) is 5.76 Å². The van der Waals surface area contributed by atoms with Crippen molar-refractivity contribution in [3.05, 3.63) is 59.5 Å². The largest absolute Gasteiger partial charge is 0.469 e. The van der Waals surface area contributed by atoms with Gasteiger partial charge in [0, 0.05) is 31.8 Å². The van der Waals surface area contributed by atoms with E-state index in [1.807, 2.05) is 23.9 Å². The Labute approximate surface area is 196 Å². The van der Waals surface area contributed by atoms with Crippen LogP contribution >= 0.6 is 35.7 Å². The molecule has 0 radical (unpaired) electrons. The molecule has 0 aliphatic carbocycles. The molecule has 1 aliphatic heterocycles. The second-order valence-electron chi connectivity index (χ2n) is 7.14. The van der Waals surface area contributed by atoms with E-state index in [1.54, 1.807) is 6.26 Å². The van der Waals surface area contributed by atoms with Crippen LogP contribution in [0.15, 0.2) is 52.1 Å². The predicted octanol–water partition coefficient (Wildman–Crippen LogP) is 4.13. The van der Waals surface area contributed by atoms with Crippen LogP contribution in [0.2, 0.25) is 0 Å². The normalized spacial score (nSPS) is 14.6. The molecule has 29 heavy (non-hydrogen) atoms. The zero-order valence-corrected chi connectivity index (χ0v) is 20.4. The van der Waals surface area contributed by atoms with E-state index in [0.29, 0.717) is 6.54 Å². The summed E-state index contributed by atoms with van der Waals surface area (Å²) < 4.78 is 5.39. The molecule has 160 valence electrons. The smallest absolute Gasteiger partial charge is 0.191 e. The number of benzene rings is 1. The summed E-state index contributed by atoms with van der Waals surface area (Å²) in [5.41, 5.74) is 2.63. The highest BCUT2D eigenvalue weighted by atomic mass is 127. The fourth-order valence-corrected chi connectivity index (χ4v) is 3.63. The van der Waals surface area contributed by atoms with Gasteiger partial charge in [0.15, 0.2) is 5.96 Å². The van der Waals surface area contributed by atoms with Crippen LogP contribution in [-0.4, -0.2) is 49.0 Å². The van der Waals surface area contributed by atoms with Crippen molar-refractivity contribution < 1.29 is 4.42 Å². The first-order valence-electron chi connectivity index (χ1n) is 10.2. The Balaban J connectivity index is 0.00000300. The SMILES string of the molecule is CSCCNC(=NCc1ccc(CN2CCCC2)cc1)NCCc1ccco1.I.